The number of hydrogen-bond acceptors (Lipinski definition) is 7. The minimum absolute atomic E-state index is 0.0283. The molecule has 26 heavy (non-hydrogen) atoms. The Morgan fingerprint density at radius 1 is 1.38 bits per heavy atom. The molecule has 3 aromatic heterocycles. The Morgan fingerprint density at radius 3 is 3.04 bits per heavy atom. The van der Waals surface area contributed by atoms with Gasteiger partial charge in [0, 0.05) is 37.0 Å². The molecule has 1 unspecified atom stereocenters. The lowest BCUT2D eigenvalue weighted by atomic mass is 9.93. The van der Waals surface area contributed by atoms with Crippen LogP contribution in [0.4, 0.5) is 0 Å². The first kappa shape index (κ1) is 16.8. The number of amides is 1. The summed E-state index contributed by atoms with van der Waals surface area (Å²) in [5.41, 5.74) is 3.14. The summed E-state index contributed by atoms with van der Waals surface area (Å²) in [7, 11) is 0. The van der Waals surface area contributed by atoms with Crippen LogP contribution in [0.2, 0.25) is 0 Å². The summed E-state index contributed by atoms with van der Waals surface area (Å²) in [5, 5.41) is 8.30. The van der Waals surface area contributed by atoms with E-state index in [9.17, 15) is 4.79 Å². The lowest BCUT2D eigenvalue weighted by molar-refractivity contribution is 0.0704. The van der Waals surface area contributed by atoms with Crippen molar-refractivity contribution in [1.29, 1.82) is 0 Å². The summed E-state index contributed by atoms with van der Waals surface area (Å²) >= 11 is 1.31. The molecule has 8 heteroatoms. The molecule has 3 aromatic rings. The predicted octanol–water partition coefficient (Wildman–Crippen LogP) is 3.22. The molecular formula is C18H19N5O2S. The van der Waals surface area contributed by atoms with Crippen LogP contribution >= 0.6 is 11.5 Å². The number of aryl methyl sites for hydroxylation is 2. The molecule has 134 valence electrons. The molecule has 0 N–H and O–H groups in total. The number of piperidine rings is 1. The van der Waals surface area contributed by atoms with Gasteiger partial charge in [-0.1, -0.05) is 9.64 Å². The smallest absolute Gasteiger partial charge is 0.255 e. The minimum Gasteiger partial charge on any atom is -0.355 e. The normalized spacial score (nSPS) is 17.5. The summed E-state index contributed by atoms with van der Waals surface area (Å²) in [6.45, 7) is 5.12. The van der Waals surface area contributed by atoms with Crippen molar-refractivity contribution >= 4 is 17.4 Å². The molecule has 4 heterocycles. The SMILES string of the molecule is Cc1cc(-c2snnc2C2CCCN(C(=O)c3cccnc3C)C2)on1. The molecule has 0 radical (unpaired) electrons. The molecule has 1 atom stereocenters. The van der Waals surface area contributed by atoms with Gasteiger partial charge in [-0.15, -0.1) is 5.10 Å². The number of pyridine rings is 1. The highest BCUT2D eigenvalue weighted by atomic mass is 32.1. The second-order valence-corrected chi connectivity index (χ2v) is 7.30. The van der Waals surface area contributed by atoms with Crippen LogP contribution in [-0.4, -0.2) is 43.6 Å². The van der Waals surface area contributed by atoms with Crippen LogP contribution in [0.25, 0.3) is 10.6 Å². The fourth-order valence-electron chi connectivity index (χ4n) is 3.37. The maximum absolute atomic E-state index is 12.9. The molecule has 0 aliphatic carbocycles. The quantitative estimate of drug-likeness (QED) is 0.705. The van der Waals surface area contributed by atoms with Crippen molar-refractivity contribution < 1.29 is 9.32 Å². The third kappa shape index (κ3) is 3.12. The second kappa shape index (κ2) is 6.95. The van der Waals surface area contributed by atoms with E-state index < -0.39 is 0 Å². The number of carbonyl (C=O) groups excluding carboxylic acids is 1. The zero-order valence-electron chi connectivity index (χ0n) is 14.7. The van der Waals surface area contributed by atoms with E-state index in [1.165, 1.54) is 11.5 Å². The fraction of sp³-hybridized carbons (Fsp3) is 0.389. The van der Waals surface area contributed by atoms with Crippen LogP contribution in [-0.2, 0) is 0 Å². The third-order valence-electron chi connectivity index (χ3n) is 4.70. The molecule has 0 aromatic carbocycles. The summed E-state index contributed by atoms with van der Waals surface area (Å²) in [6.07, 6.45) is 3.61. The van der Waals surface area contributed by atoms with E-state index >= 15 is 0 Å². The van der Waals surface area contributed by atoms with Crippen molar-refractivity contribution in [2.24, 2.45) is 0 Å². The Hall–Kier alpha value is -2.61. The molecule has 7 nitrogen and oxygen atoms in total. The van der Waals surface area contributed by atoms with E-state index in [2.05, 4.69) is 19.7 Å². The van der Waals surface area contributed by atoms with Gasteiger partial charge in [0.2, 0.25) is 0 Å². The van der Waals surface area contributed by atoms with E-state index in [0.29, 0.717) is 17.9 Å². The number of hydrogen-bond donors (Lipinski definition) is 0. The Morgan fingerprint density at radius 2 is 2.27 bits per heavy atom. The molecular weight excluding hydrogens is 350 g/mol. The maximum Gasteiger partial charge on any atom is 0.255 e. The lowest BCUT2D eigenvalue weighted by Gasteiger charge is -2.32. The maximum atomic E-state index is 12.9. The zero-order valence-corrected chi connectivity index (χ0v) is 15.5. The minimum atomic E-state index is 0.0283. The van der Waals surface area contributed by atoms with E-state index in [1.807, 2.05) is 30.9 Å². The van der Waals surface area contributed by atoms with Crippen molar-refractivity contribution in [3.63, 3.8) is 0 Å². The standard InChI is InChI=1S/C18H19N5O2S/c1-11-9-15(25-21-11)17-16(20-22-26-17)13-5-4-8-23(10-13)18(24)14-6-3-7-19-12(14)2/h3,6-7,9,13H,4-5,8,10H2,1-2H3. The monoisotopic (exact) mass is 369 g/mol. The van der Waals surface area contributed by atoms with Crippen LogP contribution < -0.4 is 0 Å². The Labute approximate surface area is 155 Å². The van der Waals surface area contributed by atoms with Crippen molar-refractivity contribution in [2.75, 3.05) is 13.1 Å². The highest BCUT2D eigenvalue weighted by Crippen LogP contribution is 2.35. The van der Waals surface area contributed by atoms with Crippen molar-refractivity contribution in [3.05, 3.63) is 47.0 Å². The topological polar surface area (TPSA) is 85.0 Å². The van der Waals surface area contributed by atoms with Gasteiger partial charge in [-0.05, 0) is 50.4 Å². The Kier molecular flexibility index (Phi) is 4.50. The van der Waals surface area contributed by atoms with Crippen molar-refractivity contribution in [3.8, 4) is 10.6 Å². The van der Waals surface area contributed by atoms with E-state index in [4.69, 9.17) is 4.52 Å². The number of likely N-dealkylation sites (tertiary alicyclic amines) is 1. The second-order valence-electron chi connectivity index (χ2n) is 6.55. The number of nitrogens with zero attached hydrogens (tertiary/aromatic N) is 5. The van der Waals surface area contributed by atoms with Gasteiger partial charge >= 0.3 is 0 Å². The van der Waals surface area contributed by atoms with Crippen LogP contribution in [0, 0.1) is 13.8 Å². The van der Waals surface area contributed by atoms with Crippen molar-refractivity contribution in [1.82, 2.24) is 24.6 Å². The highest BCUT2D eigenvalue weighted by Gasteiger charge is 2.30. The summed E-state index contributed by atoms with van der Waals surface area (Å²) in [5.74, 6) is 0.864. The number of carbonyl (C=O) groups is 1. The van der Waals surface area contributed by atoms with Crippen LogP contribution in [0.15, 0.2) is 28.9 Å². The summed E-state index contributed by atoms with van der Waals surface area (Å²) in [6, 6.07) is 5.53. The molecule has 4 rings (SSSR count). The average Bonchev–Trinajstić information content (AvgIpc) is 3.30. The summed E-state index contributed by atoms with van der Waals surface area (Å²) in [4.78, 5) is 20.0. The highest BCUT2D eigenvalue weighted by molar-refractivity contribution is 7.09. The largest absolute Gasteiger partial charge is 0.355 e. The molecule has 0 spiro atoms. The molecule has 1 fully saturated rings. The van der Waals surface area contributed by atoms with Gasteiger partial charge in [0.15, 0.2) is 5.76 Å². The van der Waals surface area contributed by atoms with Crippen LogP contribution in [0.5, 0.6) is 0 Å². The first-order valence-electron chi connectivity index (χ1n) is 8.60. The molecule has 1 aliphatic rings. The molecule has 0 saturated carbocycles. The van der Waals surface area contributed by atoms with Gasteiger partial charge in [0.25, 0.3) is 5.91 Å². The Balaban J connectivity index is 1.58. The molecule has 1 saturated heterocycles. The van der Waals surface area contributed by atoms with Gasteiger partial charge in [0.1, 0.15) is 4.88 Å². The number of rotatable bonds is 3. The first-order valence-corrected chi connectivity index (χ1v) is 9.37. The number of aromatic nitrogens is 4. The third-order valence-corrected chi connectivity index (χ3v) is 5.45. The van der Waals surface area contributed by atoms with Gasteiger partial charge in [-0.2, -0.15) is 0 Å². The van der Waals surface area contributed by atoms with Gasteiger partial charge in [-0.3, -0.25) is 9.78 Å². The fourth-order valence-corrected chi connectivity index (χ4v) is 4.07. The van der Waals surface area contributed by atoms with Crippen molar-refractivity contribution in [2.45, 2.75) is 32.6 Å². The summed E-state index contributed by atoms with van der Waals surface area (Å²) < 4.78 is 9.51. The molecule has 1 amide bonds. The van der Waals surface area contributed by atoms with E-state index in [0.717, 1.165) is 41.3 Å². The van der Waals surface area contributed by atoms with E-state index in [1.54, 1.807) is 12.3 Å². The molecule has 0 bridgehead atoms. The molecule has 1 aliphatic heterocycles. The Bertz CT molecular complexity index is 935. The van der Waals surface area contributed by atoms with Crippen LogP contribution in [0.1, 0.15) is 46.2 Å². The first-order chi connectivity index (χ1) is 12.6. The van der Waals surface area contributed by atoms with Gasteiger partial charge in [-0.25, -0.2) is 0 Å². The van der Waals surface area contributed by atoms with Gasteiger partial charge < -0.3 is 9.42 Å². The lowest BCUT2D eigenvalue weighted by Crippen LogP contribution is -2.39. The average molecular weight is 369 g/mol. The van der Waals surface area contributed by atoms with Gasteiger partial charge in [0.05, 0.1) is 17.0 Å². The zero-order chi connectivity index (χ0) is 18.1. The van der Waals surface area contributed by atoms with E-state index in [-0.39, 0.29) is 11.8 Å². The predicted molar refractivity (Wildman–Crippen MR) is 97.0 cm³/mol. The van der Waals surface area contributed by atoms with Crippen LogP contribution in [0.3, 0.4) is 0 Å².